The van der Waals surface area contributed by atoms with E-state index in [1.807, 2.05) is 4.90 Å². The first-order valence-corrected chi connectivity index (χ1v) is 12.1. The summed E-state index contributed by atoms with van der Waals surface area (Å²) in [6.07, 6.45) is -7.63. The lowest BCUT2D eigenvalue weighted by Crippen LogP contribution is -2.32. The maximum absolute atomic E-state index is 14.0. The molecule has 3 heterocycles. The van der Waals surface area contributed by atoms with Crippen LogP contribution in [-0.4, -0.2) is 53.9 Å². The van der Waals surface area contributed by atoms with Gasteiger partial charge in [0.15, 0.2) is 5.82 Å². The van der Waals surface area contributed by atoms with Crippen molar-refractivity contribution in [2.24, 2.45) is 17.8 Å². The fourth-order valence-electron chi connectivity index (χ4n) is 5.62. The molecule has 3 fully saturated rings. The van der Waals surface area contributed by atoms with Crippen molar-refractivity contribution in [3.8, 4) is 11.3 Å². The van der Waals surface area contributed by atoms with Crippen LogP contribution >= 0.6 is 0 Å². The zero-order valence-corrected chi connectivity index (χ0v) is 19.7. The van der Waals surface area contributed by atoms with Crippen molar-refractivity contribution in [3.05, 3.63) is 41.2 Å². The zero-order chi connectivity index (χ0) is 28.2. The first-order chi connectivity index (χ1) is 18.2. The third-order valence-corrected chi connectivity index (χ3v) is 7.34. The van der Waals surface area contributed by atoms with Crippen molar-refractivity contribution in [1.29, 1.82) is 0 Å². The molecule has 1 saturated carbocycles. The van der Waals surface area contributed by atoms with Gasteiger partial charge in [0, 0.05) is 47.1 Å². The summed E-state index contributed by atoms with van der Waals surface area (Å²) in [5.74, 6) is -1.63. The molecule has 0 spiro atoms. The van der Waals surface area contributed by atoms with E-state index in [2.05, 4.69) is 15.5 Å². The normalized spacial score (nSPS) is 26.6. The fraction of sp³-hybridized carbons (Fsp3) is 0.600. The lowest BCUT2D eigenvalue weighted by Gasteiger charge is -2.28. The molecule has 2 aliphatic heterocycles. The average molecular weight is 535 g/mol. The molecule has 12 heteroatoms. The minimum atomic E-state index is -4.95. The quantitative estimate of drug-likeness (QED) is 0.487. The van der Waals surface area contributed by atoms with Crippen LogP contribution in [0.1, 0.15) is 39.6 Å². The smallest absolute Gasteiger partial charge is 0.381 e. The molecule has 1 unspecified atom stereocenters. The minimum absolute atomic E-state index is 0.0839. The fourth-order valence-corrected chi connectivity index (χ4v) is 5.62. The standard InChI is InChI=1S/C25H27F7N4O/c26-17-1-2-20(24(27,28)29)19(9-17)22-10-21(25(30,31)32)23(35-34-22)33-18-7-15-12-36(13-16(15)8-18)11-14-3-5-37-6-4-14/h1-2,9-10,14-16,18H,3-8,11-13H2,(H,33,35)/t15-,16+,18?/i11D2. The molecular weight excluding hydrogens is 505 g/mol. The van der Waals surface area contributed by atoms with Crippen LogP contribution in [0, 0.1) is 23.6 Å². The van der Waals surface area contributed by atoms with Gasteiger partial charge in [0.25, 0.3) is 0 Å². The Kier molecular flexibility index (Phi) is 6.39. The van der Waals surface area contributed by atoms with E-state index in [1.54, 1.807) is 0 Å². The maximum Gasteiger partial charge on any atom is 0.420 e. The maximum atomic E-state index is 14.0. The number of benzene rings is 1. The van der Waals surface area contributed by atoms with Crippen LogP contribution in [0.5, 0.6) is 0 Å². The largest absolute Gasteiger partial charge is 0.420 e. The van der Waals surface area contributed by atoms with Crippen molar-refractivity contribution < 1.29 is 38.2 Å². The number of likely N-dealkylation sites (tertiary alicyclic amines) is 1. The highest BCUT2D eigenvalue weighted by atomic mass is 19.4. The number of fused-ring (bicyclic) bond motifs is 1. The van der Waals surface area contributed by atoms with E-state index in [0.29, 0.717) is 76.3 Å². The third kappa shape index (κ3) is 5.84. The molecule has 202 valence electrons. The summed E-state index contributed by atoms with van der Waals surface area (Å²) in [6.45, 7) is 0.533. The molecule has 37 heavy (non-hydrogen) atoms. The molecule has 0 bridgehead atoms. The van der Waals surface area contributed by atoms with Crippen LogP contribution in [0.15, 0.2) is 24.3 Å². The van der Waals surface area contributed by atoms with Crippen molar-refractivity contribution >= 4 is 5.82 Å². The molecule has 3 atom stereocenters. The van der Waals surface area contributed by atoms with Gasteiger partial charge in [0.05, 0.1) is 11.3 Å². The van der Waals surface area contributed by atoms with Crippen LogP contribution < -0.4 is 5.32 Å². The summed E-state index contributed by atoms with van der Waals surface area (Å²) in [5.41, 5.74) is -4.18. The minimum Gasteiger partial charge on any atom is -0.381 e. The Balaban J connectivity index is 1.32. The van der Waals surface area contributed by atoms with Crippen LogP contribution in [0.4, 0.5) is 36.6 Å². The summed E-state index contributed by atoms with van der Waals surface area (Å²) in [5, 5.41) is 9.97. The van der Waals surface area contributed by atoms with Crippen LogP contribution in [-0.2, 0) is 17.1 Å². The highest BCUT2D eigenvalue weighted by molar-refractivity contribution is 5.67. The Morgan fingerprint density at radius 3 is 2.22 bits per heavy atom. The predicted molar refractivity (Wildman–Crippen MR) is 121 cm³/mol. The van der Waals surface area contributed by atoms with Crippen molar-refractivity contribution in [3.63, 3.8) is 0 Å². The summed E-state index contributed by atoms with van der Waals surface area (Å²) in [6, 6.07) is 1.59. The molecule has 5 rings (SSSR count). The predicted octanol–water partition coefficient (Wildman–Crippen LogP) is 5.87. The number of rotatable bonds is 5. The number of halogens is 7. The number of nitrogens with zero attached hydrogens (tertiary/aromatic N) is 3. The molecule has 5 nitrogen and oxygen atoms in total. The van der Waals surface area contributed by atoms with Crippen molar-refractivity contribution in [1.82, 2.24) is 15.1 Å². The van der Waals surface area contributed by atoms with Gasteiger partial charge in [-0.3, -0.25) is 0 Å². The van der Waals surface area contributed by atoms with Gasteiger partial charge in [0.2, 0.25) is 0 Å². The Morgan fingerprint density at radius 1 is 0.946 bits per heavy atom. The topological polar surface area (TPSA) is 50.3 Å². The highest BCUT2D eigenvalue weighted by Gasteiger charge is 2.43. The molecule has 2 aromatic rings. The Labute approximate surface area is 212 Å². The van der Waals surface area contributed by atoms with Gasteiger partial charge >= 0.3 is 12.4 Å². The van der Waals surface area contributed by atoms with Gasteiger partial charge in [-0.1, -0.05) is 0 Å². The molecule has 1 aliphatic carbocycles. The van der Waals surface area contributed by atoms with E-state index >= 15 is 0 Å². The third-order valence-electron chi connectivity index (χ3n) is 7.34. The van der Waals surface area contributed by atoms with Crippen LogP contribution in [0.25, 0.3) is 11.3 Å². The summed E-state index contributed by atoms with van der Waals surface area (Å²) in [7, 11) is 0. The van der Waals surface area contributed by atoms with Crippen molar-refractivity contribution in [2.45, 2.75) is 44.1 Å². The molecular formula is C25H27F7N4O. The molecule has 2 saturated heterocycles. The Bertz CT molecular complexity index is 1190. The summed E-state index contributed by atoms with van der Waals surface area (Å²) in [4.78, 5) is 1.83. The lowest BCUT2D eigenvalue weighted by molar-refractivity contribution is -0.137. The number of anilines is 1. The lowest BCUT2D eigenvalue weighted by atomic mass is 10.00. The first-order valence-electron chi connectivity index (χ1n) is 13.1. The van der Waals surface area contributed by atoms with E-state index in [0.717, 1.165) is 0 Å². The second-order valence-corrected chi connectivity index (χ2v) is 9.93. The Morgan fingerprint density at radius 2 is 1.59 bits per heavy atom. The Hall–Kier alpha value is -2.47. The van der Waals surface area contributed by atoms with Crippen molar-refractivity contribution in [2.75, 3.05) is 38.1 Å². The SMILES string of the molecule is [2H]C([2H])(C1CCOCC1)N1C[C@H]2CC(Nc3nnc(-c4cc(F)ccc4C(F)(F)F)cc3C(F)(F)F)C[C@H]2C1. The van der Waals surface area contributed by atoms with E-state index in [-0.39, 0.29) is 17.8 Å². The van der Waals surface area contributed by atoms with E-state index in [4.69, 9.17) is 7.48 Å². The van der Waals surface area contributed by atoms with E-state index in [9.17, 15) is 30.7 Å². The number of hydrogen-bond donors (Lipinski definition) is 1. The van der Waals surface area contributed by atoms with Gasteiger partial charge in [-0.15, -0.1) is 10.2 Å². The molecule has 1 aromatic heterocycles. The monoisotopic (exact) mass is 534 g/mol. The highest BCUT2D eigenvalue weighted by Crippen LogP contribution is 2.43. The molecule has 1 aromatic carbocycles. The van der Waals surface area contributed by atoms with E-state index < -0.39 is 58.9 Å². The van der Waals surface area contributed by atoms with Gasteiger partial charge < -0.3 is 15.0 Å². The molecule has 0 amide bonds. The summed E-state index contributed by atoms with van der Waals surface area (Å²) < 4.78 is 119. The van der Waals surface area contributed by atoms with Gasteiger partial charge in [-0.2, -0.15) is 26.3 Å². The second-order valence-electron chi connectivity index (χ2n) is 9.93. The molecule has 1 N–H and O–H groups in total. The summed E-state index contributed by atoms with van der Waals surface area (Å²) >= 11 is 0. The zero-order valence-electron chi connectivity index (χ0n) is 21.7. The van der Waals surface area contributed by atoms with Gasteiger partial charge in [-0.05, 0) is 67.7 Å². The number of ether oxygens (including phenoxy) is 1. The number of hydrogen-bond acceptors (Lipinski definition) is 5. The number of nitrogens with one attached hydrogen (secondary N) is 1. The first kappa shape index (κ1) is 23.6. The average Bonchev–Trinajstić information content (AvgIpc) is 3.43. The number of aromatic nitrogens is 2. The van der Waals surface area contributed by atoms with Crippen LogP contribution in [0.2, 0.25) is 0 Å². The van der Waals surface area contributed by atoms with Gasteiger partial charge in [0.1, 0.15) is 11.4 Å². The molecule has 3 aliphatic rings. The second kappa shape index (κ2) is 10.0. The van der Waals surface area contributed by atoms with Crippen LogP contribution in [0.3, 0.4) is 0 Å². The molecule has 0 radical (unpaired) electrons. The van der Waals surface area contributed by atoms with E-state index in [1.165, 1.54) is 0 Å². The van der Waals surface area contributed by atoms with Gasteiger partial charge in [-0.25, -0.2) is 4.39 Å². The number of alkyl halides is 6.